The zero-order valence-electron chi connectivity index (χ0n) is 18.0. The van der Waals surface area contributed by atoms with Crippen LogP contribution in [-0.2, 0) is 4.79 Å². The van der Waals surface area contributed by atoms with Crippen LogP contribution in [0, 0.1) is 0 Å². The second-order valence-electron chi connectivity index (χ2n) is 6.90. The van der Waals surface area contributed by atoms with E-state index in [1.807, 2.05) is 24.3 Å². The number of carbonyl (C=O) groups is 2. The Hall–Kier alpha value is -3.88. The van der Waals surface area contributed by atoms with Crippen molar-refractivity contribution in [2.75, 3.05) is 13.7 Å². The van der Waals surface area contributed by atoms with Crippen LogP contribution < -0.4 is 19.6 Å². The Morgan fingerprint density at radius 3 is 2.41 bits per heavy atom. The molecule has 4 aromatic rings. The number of fused-ring (bicyclic) bond motifs is 1. The molecule has 7 nitrogen and oxygen atoms in total. The third kappa shape index (κ3) is 5.36. The Morgan fingerprint density at radius 2 is 1.65 bits per heavy atom. The molecular weight excluding hydrogens is 476 g/mol. The molecule has 34 heavy (non-hydrogen) atoms. The minimum atomic E-state index is -0.568. The second-order valence-corrected chi connectivity index (χ2v) is 8.33. The van der Waals surface area contributed by atoms with Crippen LogP contribution in [0.1, 0.15) is 15.2 Å². The number of rotatable bonds is 8. The Kier molecular flexibility index (Phi) is 7.41. The summed E-state index contributed by atoms with van der Waals surface area (Å²) in [7, 11) is 1.52. The smallest absolute Gasteiger partial charge is 0.355 e. The van der Waals surface area contributed by atoms with Gasteiger partial charge in [0.1, 0.15) is 10.6 Å². The van der Waals surface area contributed by atoms with Crippen LogP contribution in [0.4, 0.5) is 0 Å². The summed E-state index contributed by atoms with van der Waals surface area (Å²) in [4.78, 5) is 25.2. The molecule has 0 aliphatic carbocycles. The number of amides is 1. The van der Waals surface area contributed by atoms with Gasteiger partial charge in [0.15, 0.2) is 18.1 Å². The molecule has 0 radical (unpaired) electrons. The van der Waals surface area contributed by atoms with Crippen LogP contribution in [0.25, 0.3) is 10.1 Å². The topological polar surface area (TPSA) is 86.2 Å². The highest BCUT2D eigenvalue weighted by Crippen LogP contribution is 2.36. The summed E-state index contributed by atoms with van der Waals surface area (Å²) in [6, 6.07) is 21.3. The Labute approximate surface area is 204 Å². The molecule has 4 rings (SSSR count). The molecule has 0 bridgehead atoms. The number of methoxy groups -OCH3 is 1. The first-order valence-electron chi connectivity index (χ1n) is 10.1. The van der Waals surface area contributed by atoms with Gasteiger partial charge in [0.25, 0.3) is 5.91 Å². The summed E-state index contributed by atoms with van der Waals surface area (Å²) in [6.45, 7) is -0.251. The van der Waals surface area contributed by atoms with Crippen LogP contribution >= 0.6 is 22.9 Å². The number of nitrogens with zero attached hydrogens (tertiary/aromatic N) is 1. The lowest BCUT2D eigenvalue weighted by atomic mass is 10.2. The third-order valence-corrected chi connectivity index (χ3v) is 6.32. The van der Waals surface area contributed by atoms with Crippen LogP contribution in [0.2, 0.25) is 5.02 Å². The van der Waals surface area contributed by atoms with E-state index in [1.165, 1.54) is 24.7 Å². The lowest BCUT2D eigenvalue weighted by Crippen LogP contribution is -2.24. The molecule has 0 spiro atoms. The fourth-order valence-electron chi connectivity index (χ4n) is 3.06. The van der Waals surface area contributed by atoms with Gasteiger partial charge in [-0.2, -0.15) is 5.10 Å². The average Bonchev–Trinajstić information content (AvgIpc) is 3.20. The molecule has 3 aromatic carbocycles. The number of halogens is 1. The van der Waals surface area contributed by atoms with Crippen LogP contribution in [0.15, 0.2) is 77.9 Å². The second kappa shape index (κ2) is 10.8. The Balaban J connectivity index is 1.39. The zero-order chi connectivity index (χ0) is 23.9. The van der Waals surface area contributed by atoms with Crippen molar-refractivity contribution in [1.29, 1.82) is 0 Å². The summed E-state index contributed by atoms with van der Waals surface area (Å²) in [5.74, 6) is 0.217. The molecule has 1 aromatic heterocycles. The first kappa shape index (κ1) is 23.3. The first-order chi connectivity index (χ1) is 16.6. The Bertz CT molecular complexity index is 1370. The van der Waals surface area contributed by atoms with Crippen molar-refractivity contribution < 1.29 is 23.8 Å². The summed E-state index contributed by atoms with van der Waals surface area (Å²) in [5.41, 5.74) is 2.88. The molecule has 1 heterocycles. The van der Waals surface area contributed by atoms with E-state index >= 15 is 0 Å². The Morgan fingerprint density at radius 1 is 0.971 bits per heavy atom. The summed E-state index contributed by atoms with van der Waals surface area (Å²) in [6.07, 6.45) is 1.39. The van der Waals surface area contributed by atoms with Crippen LogP contribution in [-0.4, -0.2) is 31.8 Å². The summed E-state index contributed by atoms with van der Waals surface area (Å²) < 4.78 is 17.1. The van der Waals surface area contributed by atoms with E-state index in [2.05, 4.69) is 10.5 Å². The third-order valence-electron chi connectivity index (χ3n) is 4.66. The summed E-state index contributed by atoms with van der Waals surface area (Å²) in [5, 5.41) is 5.10. The van der Waals surface area contributed by atoms with E-state index in [9.17, 15) is 9.59 Å². The number of hydrogen-bond donors (Lipinski definition) is 1. The van der Waals surface area contributed by atoms with Crippen molar-refractivity contribution in [3.05, 3.63) is 88.3 Å². The maximum absolute atomic E-state index is 12.8. The maximum atomic E-state index is 12.8. The SMILES string of the molecule is COc1ccccc1OCC(=O)N/N=C\c1ccccc1OC(=O)c1sc2ccccc2c1Cl. The minimum absolute atomic E-state index is 0.251. The molecule has 1 N–H and O–H groups in total. The number of thiophene rings is 1. The number of nitrogens with one attached hydrogen (secondary N) is 1. The van der Waals surface area contributed by atoms with Gasteiger partial charge in [-0.1, -0.05) is 54.1 Å². The van der Waals surface area contributed by atoms with Gasteiger partial charge in [-0.25, -0.2) is 10.2 Å². The van der Waals surface area contributed by atoms with Gasteiger partial charge in [0.05, 0.1) is 18.3 Å². The molecular formula is C25H19ClN2O5S. The van der Waals surface area contributed by atoms with E-state index in [1.54, 1.807) is 48.5 Å². The molecule has 1 amide bonds. The number of ether oxygens (including phenoxy) is 3. The zero-order valence-corrected chi connectivity index (χ0v) is 19.6. The van der Waals surface area contributed by atoms with Crippen molar-refractivity contribution >= 4 is 51.1 Å². The predicted molar refractivity (Wildman–Crippen MR) is 132 cm³/mol. The van der Waals surface area contributed by atoms with Crippen molar-refractivity contribution in [3.63, 3.8) is 0 Å². The highest BCUT2D eigenvalue weighted by Gasteiger charge is 2.19. The number of esters is 1. The molecule has 0 aliphatic rings. The van der Waals surface area contributed by atoms with Gasteiger partial charge in [-0.05, 0) is 30.3 Å². The average molecular weight is 495 g/mol. The number of hydrazone groups is 1. The van der Waals surface area contributed by atoms with Crippen molar-refractivity contribution in [2.45, 2.75) is 0 Å². The van der Waals surface area contributed by atoms with Gasteiger partial charge in [0.2, 0.25) is 0 Å². The predicted octanol–water partition coefficient (Wildman–Crippen LogP) is 5.31. The lowest BCUT2D eigenvalue weighted by molar-refractivity contribution is -0.123. The molecule has 0 atom stereocenters. The normalized spacial score (nSPS) is 10.9. The van der Waals surface area contributed by atoms with Gasteiger partial charge in [0, 0.05) is 15.6 Å². The minimum Gasteiger partial charge on any atom is -0.493 e. The highest BCUT2D eigenvalue weighted by atomic mass is 35.5. The van der Waals surface area contributed by atoms with Gasteiger partial charge in [-0.3, -0.25) is 4.79 Å². The van der Waals surface area contributed by atoms with Crippen LogP contribution in [0.5, 0.6) is 17.2 Å². The number of carbonyl (C=O) groups excluding carboxylic acids is 2. The lowest BCUT2D eigenvalue weighted by Gasteiger charge is -2.09. The van der Waals surface area contributed by atoms with E-state index < -0.39 is 11.9 Å². The van der Waals surface area contributed by atoms with Crippen molar-refractivity contribution in [3.8, 4) is 17.2 Å². The number of hydrogen-bond acceptors (Lipinski definition) is 7. The molecule has 172 valence electrons. The molecule has 0 aliphatic heterocycles. The monoisotopic (exact) mass is 494 g/mol. The molecule has 9 heteroatoms. The fourth-order valence-corrected chi connectivity index (χ4v) is 4.44. The van der Waals surface area contributed by atoms with Crippen LogP contribution in [0.3, 0.4) is 0 Å². The largest absolute Gasteiger partial charge is 0.493 e. The summed E-state index contributed by atoms with van der Waals surface area (Å²) >= 11 is 7.65. The fraction of sp³-hybridized carbons (Fsp3) is 0.0800. The quantitative estimate of drug-likeness (QED) is 0.155. The molecule has 0 unspecified atom stereocenters. The van der Waals surface area contributed by atoms with E-state index in [0.29, 0.717) is 27.0 Å². The highest BCUT2D eigenvalue weighted by molar-refractivity contribution is 7.21. The van der Waals surface area contributed by atoms with Crippen molar-refractivity contribution in [1.82, 2.24) is 5.43 Å². The molecule has 0 fully saturated rings. The standard InChI is InChI=1S/C25H19ClN2O5S/c1-31-19-11-5-6-12-20(19)32-15-22(29)28-27-14-16-8-2-4-10-18(16)33-25(30)24-23(26)17-9-3-7-13-21(17)34-24/h2-14H,15H2,1H3,(H,28,29)/b27-14-. The van der Waals surface area contributed by atoms with E-state index in [-0.39, 0.29) is 12.4 Å². The number of benzene rings is 3. The van der Waals surface area contributed by atoms with Gasteiger partial charge < -0.3 is 14.2 Å². The van der Waals surface area contributed by atoms with Gasteiger partial charge >= 0.3 is 5.97 Å². The maximum Gasteiger partial charge on any atom is 0.355 e. The first-order valence-corrected chi connectivity index (χ1v) is 11.3. The van der Waals surface area contributed by atoms with Gasteiger partial charge in [-0.15, -0.1) is 11.3 Å². The molecule has 0 saturated heterocycles. The molecule has 0 saturated carbocycles. The number of para-hydroxylation sites is 3. The van der Waals surface area contributed by atoms with E-state index in [4.69, 9.17) is 25.8 Å². The van der Waals surface area contributed by atoms with E-state index in [0.717, 1.165) is 10.1 Å². The van der Waals surface area contributed by atoms with Crippen molar-refractivity contribution in [2.24, 2.45) is 5.10 Å².